The summed E-state index contributed by atoms with van der Waals surface area (Å²) in [6.07, 6.45) is 5.30. The van der Waals surface area contributed by atoms with Crippen LogP contribution in [0, 0.1) is 5.41 Å². The highest BCUT2D eigenvalue weighted by atomic mass is 127. The van der Waals surface area contributed by atoms with Crippen LogP contribution in [-0.2, 0) is 11.3 Å². The van der Waals surface area contributed by atoms with Crippen molar-refractivity contribution in [1.82, 2.24) is 10.6 Å². The number of halogens is 1. The lowest BCUT2D eigenvalue weighted by atomic mass is 9.58. The standard InChI is InChI=1S/C17H29N3O2.HI/c1-5-17(6-2)14(11-15(17)21-7-3)20-16(18-4)19-12-13-9-8-10-22-13;/h8-10,14-15H,5-7,11-12H2,1-4H3,(H2,18,19,20);1H. The molecule has 1 aromatic heterocycles. The predicted molar refractivity (Wildman–Crippen MR) is 104 cm³/mol. The van der Waals surface area contributed by atoms with Crippen molar-refractivity contribution >= 4 is 29.9 Å². The Balaban J connectivity index is 0.00000264. The molecule has 1 heterocycles. The van der Waals surface area contributed by atoms with Gasteiger partial charge >= 0.3 is 0 Å². The van der Waals surface area contributed by atoms with E-state index in [4.69, 9.17) is 9.15 Å². The lowest BCUT2D eigenvalue weighted by Gasteiger charge is -2.55. The largest absolute Gasteiger partial charge is 0.467 e. The highest BCUT2D eigenvalue weighted by molar-refractivity contribution is 14.0. The van der Waals surface area contributed by atoms with Crippen molar-refractivity contribution in [3.63, 3.8) is 0 Å². The Morgan fingerprint density at radius 1 is 1.39 bits per heavy atom. The van der Waals surface area contributed by atoms with Crippen molar-refractivity contribution in [2.24, 2.45) is 10.4 Å². The zero-order valence-electron chi connectivity index (χ0n) is 14.6. The minimum atomic E-state index is 0. The Morgan fingerprint density at radius 2 is 2.13 bits per heavy atom. The van der Waals surface area contributed by atoms with Crippen molar-refractivity contribution in [2.45, 2.75) is 58.7 Å². The third kappa shape index (κ3) is 4.41. The van der Waals surface area contributed by atoms with Gasteiger partial charge in [-0.15, -0.1) is 24.0 Å². The molecule has 0 bridgehead atoms. The highest BCUT2D eigenvalue weighted by Crippen LogP contribution is 2.48. The number of hydrogen-bond donors (Lipinski definition) is 2. The summed E-state index contributed by atoms with van der Waals surface area (Å²) in [5.41, 5.74) is 0.207. The van der Waals surface area contributed by atoms with Gasteiger partial charge in [-0.1, -0.05) is 13.8 Å². The van der Waals surface area contributed by atoms with Crippen molar-refractivity contribution in [1.29, 1.82) is 0 Å². The molecule has 23 heavy (non-hydrogen) atoms. The number of ether oxygens (including phenoxy) is 1. The third-order valence-corrected chi connectivity index (χ3v) is 5.01. The van der Waals surface area contributed by atoms with Gasteiger partial charge in [-0.2, -0.15) is 0 Å². The van der Waals surface area contributed by atoms with Crippen LogP contribution in [0.15, 0.2) is 27.8 Å². The van der Waals surface area contributed by atoms with E-state index in [9.17, 15) is 0 Å². The Kier molecular flexibility index (Phi) is 8.39. The van der Waals surface area contributed by atoms with E-state index in [1.54, 1.807) is 13.3 Å². The Labute approximate surface area is 156 Å². The first-order valence-corrected chi connectivity index (χ1v) is 8.31. The molecule has 2 unspecified atom stereocenters. The Hall–Kier alpha value is -0.760. The van der Waals surface area contributed by atoms with E-state index in [1.807, 2.05) is 12.1 Å². The molecule has 1 saturated carbocycles. The van der Waals surface area contributed by atoms with Gasteiger partial charge in [-0.05, 0) is 38.3 Å². The summed E-state index contributed by atoms with van der Waals surface area (Å²) in [6.45, 7) is 8.00. The first-order chi connectivity index (χ1) is 10.7. The van der Waals surface area contributed by atoms with E-state index in [-0.39, 0.29) is 29.4 Å². The van der Waals surface area contributed by atoms with Gasteiger partial charge in [-0.3, -0.25) is 4.99 Å². The van der Waals surface area contributed by atoms with Gasteiger partial charge < -0.3 is 19.8 Å². The average molecular weight is 435 g/mol. The summed E-state index contributed by atoms with van der Waals surface area (Å²) in [4.78, 5) is 4.33. The molecule has 0 saturated heterocycles. The van der Waals surface area contributed by atoms with Crippen LogP contribution in [0.5, 0.6) is 0 Å². The van der Waals surface area contributed by atoms with Crippen LogP contribution in [0.3, 0.4) is 0 Å². The van der Waals surface area contributed by atoms with Crippen molar-refractivity contribution in [2.75, 3.05) is 13.7 Å². The minimum absolute atomic E-state index is 0. The number of nitrogens with one attached hydrogen (secondary N) is 2. The smallest absolute Gasteiger partial charge is 0.191 e. The molecule has 1 aliphatic carbocycles. The molecule has 0 spiro atoms. The Morgan fingerprint density at radius 3 is 2.65 bits per heavy atom. The van der Waals surface area contributed by atoms with Crippen LogP contribution < -0.4 is 10.6 Å². The topological polar surface area (TPSA) is 58.8 Å². The molecule has 6 heteroatoms. The van der Waals surface area contributed by atoms with Crippen LogP contribution in [-0.4, -0.2) is 31.8 Å². The number of guanidine groups is 1. The predicted octanol–water partition coefficient (Wildman–Crippen LogP) is 3.55. The first kappa shape index (κ1) is 20.3. The van der Waals surface area contributed by atoms with E-state index in [1.165, 1.54) is 0 Å². The number of nitrogens with zero attached hydrogens (tertiary/aromatic N) is 1. The first-order valence-electron chi connectivity index (χ1n) is 8.31. The summed E-state index contributed by atoms with van der Waals surface area (Å²) < 4.78 is 11.3. The number of furan rings is 1. The van der Waals surface area contributed by atoms with Gasteiger partial charge in [0.2, 0.25) is 0 Å². The molecule has 2 atom stereocenters. The zero-order chi connectivity index (χ0) is 16.0. The third-order valence-electron chi connectivity index (χ3n) is 5.01. The average Bonchev–Trinajstić information content (AvgIpc) is 3.04. The SMILES string of the molecule is CCOC1CC(NC(=NC)NCc2ccco2)C1(CC)CC.I. The molecule has 0 aromatic carbocycles. The highest BCUT2D eigenvalue weighted by Gasteiger charge is 2.53. The number of rotatable bonds is 7. The molecular weight excluding hydrogens is 405 g/mol. The molecule has 1 aromatic rings. The van der Waals surface area contributed by atoms with Crippen LogP contribution >= 0.6 is 24.0 Å². The fraction of sp³-hybridized carbons (Fsp3) is 0.706. The molecule has 1 aliphatic rings. The fourth-order valence-corrected chi connectivity index (χ4v) is 3.53. The van der Waals surface area contributed by atoms with E-state index < -0.39 is 0 Å². The lowest BCUT2D eigenvalue weighted by Crippen LogP contribution is -2.65. The number of hydrogen-bond acceptors (Lipinski definition) is 3. The molecule has 1 fully saturated rings. The second-order valence-corrected chi connectivity index (χ2v) is 5.82. The normalized spacial score (nSPS) is 22.9. The lowest BCUT2D eigenvalue weighted by molar-refractivity contribution is -0.133. The number of aliphatic imine (C=N–C) groups is 1. The summed E-state index contributed by atoms with van der Waals surface area (Å²) >= 11 is 0. The van der Waals surface area contributed by atoms with Gasteiger partial charge in [0.25, 0.3) is 0 Å². The Bertz CT molecular complexity index is 472. The van der Waals surface area contributed by atoms with Gasteiger partial charge in [0.15, 0.2) is 5.96 Å². The van der Waals surface area contributed by atoms with Crippen molar-refractivity contribution in [3.05, 3.63) is 24.2 Å². The molecule has 2 N–H and O–H groups in total. The fourth-order valence-electron chi connectivity index (χ4n) is 3.53. The van der Waals surface area contributed by atoms with E-state index in [0.29, 0.717) is 18.7 Å². The van der Waals surface area contributed by atoms with Crippen LogP contribution in [0.1, 0.15) is 45.8 Å². The van der Waals surface area contributed by atoms with Crippen molar-refractivity contribution < 1.29 is 9.15 Å². The van der Waals surface area contributed by atoms with Crippen LogP contribution in [0.25, 0.3) is 0 Å². The minimum Gasteiger partial charge on any atom is -0.467 e. The molecule has 5 nitrogen and oxygen atoms in total. The van der Waals surface area contributed by atoms with Crippen molar-refractivity contribution in [3.8, 4) is 0 Å². The van der Waals surface area contributed by atoms with Crippen LogP contribution in [0.2, 0.25) is 0 Å². The second kappa shape index (κ2) is 9.52. The van der Waals surface area contributed by atoms with E-state index >= 15 is 0 Å². The zero-order valence-corrected chi connectivity index (χ0v) is 16.9. The maximum atomic E-state index is 5.92. The molecule has 2 rings (SSSR count). The van der Waals surface area contributed by atoms with Gasteiger partial charge in [0.05, 0.1) is 18.9 Å². The van der Waals surface area contributed by atoms with E-state index in [0.717, 1.165) is 37.6 Å². The second-order valence-electron chi connectivity index (χ2n) is 5.82. The van der Waals surface area contributed by atoms with Gasteiger partial charge in [0, 0.05) is 25.1 Å². The van der Waals surface area contributed by atoms with E-state index in [2.05, 4.69) is 36.4 Å². The summed E-state index contributed by atoms with van der Waals surface area (Å²) in [5, 5.41) is 6.87. The molecule has 0 radical (unpaired) electrons. The molecule has 0 amide bonds. The van der Waals surface area contributed by atoms with Gasteiger partial charge in [0.1, 0.15) is 5.76 Å². The maximum Gasteiger partial charge on any atom is 0.191 e. The molecule has 0 aliphatic heterocycles. The van der Waals surface area contributed by atoms with Gasteiger partial charge in [-0.25, -0.2) is 0 Å². The van der Waals surface area contributed by atoms with Crippen LogP contribution in [0.4, 0.5) is 0 Å². The summed E-state index contributed by atoms with van der Waals surface area (Å²) in [5.74, 6) is 1.73. The summed E-state index contributed by atoms with van der Waals surface area (Å²) in [6, 6.07) is 4.25. The maximum absolute atomic E-state index is 5.92. The molecular formula is C17H30IN3O2. The monoisotopic (exact) mass is 435 g/mol. The summed E-state index contributed by atoms with van der Waals surface area (Å²) in [7, 11) is 1.80. The quantitative estimate of drug-likeness (QED) is 0.391. The molecule has 132 valence electrons.